The maximum absolute atomic E-state index is 12.6. The summed E-state index contributed by atoms with van der Waals surface area (Å²) in [7, 11) is 0. The van der Waals surface area contributed by atoms with Gasteiger partial charge in [0.25, 0.3) is 0 Å². The molecule has 20 heavy (non-hydrogen) atoms. The molecule has 3 heteroatoms. The van der Waals surface area contributed by atoms with Crippen LogP contribution in [0.1, 0.15) is 39.0 Å². The lowest BCUT2D eigenvalue weighted by atomic mass is 9.78. The molecular formula is C17H22O2S. The molecule has 0 N–H and O–H groups in total. The van der Waals surface area contributed by atoms with Gasteiger partial charge in [0.15, 0.2) is 11.9 Å². The van der Waals surface area contributed by atoms with Gasteiger partial charge in [-0.3, -0.25) is 4.79 Å². The number of hydrogen-bond acceptors (Lipinski definition) is 3. The van der Waals surface area contributed by atoms with E-state index in [1.54, 1.807) is 11.8 Å². The maximum Gasteiger partial charge on any atom is 0.177 e. The van der Waals surface area contributed by atoms with Gasteiger partial charge in [-0.2, -0.15) is 0 Å². The van der Waals surface area contributed by atoms with Crippen LogP contribution in [0, 0.1) is 11.8 Å². The van der Waals surface area contributed by atoms with E-state index < -0.39 is 0 Å². The standard InChI is InChI=1S/C17H22O2S/c1-2-12-7-9-13(10-8-12)17(18)15-11-20-16-6-4-3-5-14(16)19-15/h3-6,12-13,15H,2,7-11H2,1H3. The van der Waals surface area contributed by atoms with E-state index in [0.29, 0.717) is 5.78 Å². The van der Waals surface area contributed by atoms with Crippen LogP contribution in [0.15, 0.2) is 29.2 Å². The van der Waals surface area contributed by atoms with E-state index >= 15 is 0 Å². The highest BCUT2D eigenvalue weighted by Gasteiger charge is 2.33. The van der Waals surface area contributed by atoms with Gasteiger partial charge in [-0.25, -0.2) is 0 Å². The first-order valence-corrected chi connectivity index (χ1v) is 8.68. The molecule has 1 aromatic rings. The number of hydrogen-bond donors (Lipinski definition) is 0. The van der Waals surface area contributed by atoms with E-state index in [0.717, 1.165) is 35.2 Å². The summed E-state index contributed by atoms with van der Waals surface area (Å²) in [6.45, 7) is 2.25. The Morgan fingerprint density at radius 1 is 1.25 bits per heavy atom. The molecule has 1 saturated carbocycles. The average molecular weight is 290 g/mol. The lowest BCUT2D eigenvalue weighted by Crippen LogP contribution is -2.38. The van der Waals surface area contributed by atoms with E-state index in [1.807, 2.05) is 18.2 Å². The molecule has 2 aliphatic rings. The molecule has 0 radical (unpaired) electrons. The average Bonchev–Trinajstić information content (AvgIpc) is 2.54. The largest absolute Gasteiger partial charge is 0.481 e. The molecule has 1 heterocycles. The number of thioether (sulfide) groups is 1. The van der Waals surface area contributed by atoms with E-state index in [9.17, 15) is 4.79 Å². The molecule has 1 unspecified atom stereocenters. The maximum atomic E-state index is 12.6. The molecule has 0 saturated heterocycles. The van der Waals surface area contributed by atoms with Crippen LogP contribution in [0.3, 0.4) is 0 Å². The number of fused-ring (bicyclic) bond motifs is 1. The van der Waals surface area contributed by atoms with E-state index in [4.69, 9.17) is 4.74 Å². The smallest absolute Gasteiger partial charge is 0.177 e. The normalized spacial score (nSPS) is 29.4. The van der Waals surface area contributed by atoms with Gasteiger partial charge in [-0.1, -0.05) is 25.5 Å². The number of para-hydroxylation sites is 1. The Balaban J connectivity index is 1.62. The van der Waals surface area contributed by atoms with Crippen molar-refractivity contribution in [2.24, 2.45) is 11.8 Å². The lowest BCUT2D eigenvalue weighted by molar-refractivity contribution is -0.130. The predicted octanol–water partition coefficient (Wildman–Crippen LogP) is 4.33. The van der Waals surface area contributed by atoms with Crippen molar-refractivity contribution in [3.63, 3.8) is 0 Å². The van der Waals surface area contributed by atoms with Gasteiger partial charge in [0.1, 0.15) is 5.75 Å². The molecule has 3 rings (SSSR count). The highest BCUT2D eigenvalue weighted by Crippen LogP contribution is 2.38. The topological polar surface area (TPSA) is 26.3 Å². The quantitative estimate of drug-likeness (QED) is 0.829. The van der Waals surface area contributed by atoms with Gasteiger partial charge in [-0.15, -0.1) is 11.8 Å². The highest BCUT2D eigenvalue weighted by molar-refractivity contribution is 7.99. The minimum absolute atomic E-state index is 0.230. The van der Waals surface area contributed by atoms with Crippen LogP contribution < -0.4 is 4.74 Å². The number of carbonyl (C=O) groups excluding carboxylic acids is 1. The molecular weight excluding hydrogens is 268 g/mol. The molecule has 0 amide bonds. The van der Waals surface area contributed by atoms with Crippen molar-refractivity contribution in [1.82, 2.24) is 0 Å². The van der Waals surface area contributed by atoms with Gasteiger partial charge < -0.3 is 4.74 Å². The third-order valence-electron chi connectivity index (χ3n) is 4.65. The Morgan fingerprint density at radius 3 is 2.75 bits per heavy atom. The summed E-state index contributed by atoms with van der Waals surface area (Å²) in [4.78, 5) is 13.8. The Hall–Kier alpha value is -0.960. The molecule has 1 aliphatic carbocycles. The number of carbonyl (C=O) groups is 1. The second kappa shape index (κ2) is 6.21. The van der Waals surface area contributed by atoms with Crippen LogP contribution in [0.4, 0.5) is 0 Å². The number of ether oxygens (including phenoxy) is 1. The van der Waals surface area contributed by atoms with Crippen LogP contribution in [-0.4, -0.2) is 17.6 Å². The van der Waals surface area contributed by atoms with E-state index in [1.165, 1.54) is 19.3 Å². The lowest BCUT2D eigenvalue weighted by Gasteiger charge is -2.31. The van der Waals surface area contributed by atoms with Crippen LogP contribution in [0.5, 0.6) is 5.75 Å². The first-order valence-electron chi connectivity index (χ1n) is 7.70. The monoisotopic (exact) mass is 290 g/mol. The molecule has 0 bridgehead atoms. The van der Waals surface area contributed by atoms with Gasteiger partial charge in [0, 0.05) is 16.6 Å². The minimum atomic E-state index is -0.238. The fourth-order valence-electron chi connectivity index (χ4n) is 3.28. The molecule has 0 spiro atoms. The zero-order valence-corrected chi connectivity index (χ0v) is 12.8. The molecule has 0 aromatic heterocycles. The van der Waals surface area contributed by atoms with Gasteiger partial charge in [0.05, 0.1) is 0 Å². The van der Waals surface area contributed by atoms with Crippen LogP contribution in [0.2, 0.25) is 0 Å². The third kappa shape index (κ3) is 2.88. The molecule has 1 atom stereocenters. The first-order chi connectivity index (χ1) is 9.78. The number of Topliss-reactive ketones (excluding diaryl/α,β-unsaturated/α-hetero) is 1. The molecule has 1 aromatic carbocycles. The van der Waals surface area contributed by atoms with Crippen molar-refractivity contribution >= 4 is 17.5 Å². The Bertz CT molecular complexity index is 478. The summed E-state index contributed by atoms with van der Waals surface area (Å²) >= 11 is 1.75. The van der Waals surface area contributed by atoms with Crippen molar-refractivity contribution < 1.29 is 9.53 Å². The van der Waals surface area contributed by atoms with Gasteiger partial charge in [-0.05, 0) is 43.7 Å². The fraction of sp³-hybridized carbons (Fsp3) is 0.588. The summed E-state index contributed by atoms with van der Waals surface area (Å²) in [5, 5.41) is 0. The second-order valence-corrected chi connectivity index (χ2v) is 6.95. The Labute approximate surface area is 125 Å². The summed E-state index contributed by atoms with van der Waals surface area (Å²) in [6, 6.07) is 8.02. The molecule has 108 valence electrons. The number of rotatable bonds is 3. The molecule has 1 fully saturated rings. The van der Waals surface area contributed by atoms with Crippen molar-refractivity contribution in [1.29, 1.82) is 0 Å². The summed E-state index contributed by atoms with van der Waals surface area (Å²) in [5.41, 5.74) is 0. The third-order valence-corrected chi connectivity index (χ3v) is 5.77. The predicted molar refractivity (Wildman–Crippen MR) is 82.3 cm³/mol. The SMILES string of the molecule is CCC1CCC(C(=O)C2CSc3ccccc3O2)CC1. The van der Waals surface area contributed by atoms with Crippen LogP contribution >= 0.6 is 11.8 Å². The zero-order valence-electron chi connectivity index (χ0n) is 12.0. The summed E-state index contributed by atoms with van der Waals surface area (Å²) < 4.78 is 5.93. The second-order valence-electron chi connectivity index (χ2n) is 5.89. The van der Waals surface area contributed by atoms with E-state index in [-0.39, 0.29) is 12.0 Å². The Morgan fingerprint density at radius 2 is 2.00 bits per heavy atom. The van der Waals surface area contributed by atoms with Crippen LogP contribution in [0.25, 0.3) is 0 Å². The summed E-state index contributed by atoms with van der Waals surface area (Å²) in [5.74, 6) is 3.05. The van der Waals surface area contributed by atoms with E-state index in [2.05, 4.69) is 13.0 Å². The first kappa shape index (κ1) is 14.0. The highest BCUT2D eigenvalue weighted by atomic mass is 32.2. The van der Waals surface area contributed by atoms with Crippen LogP contribution in [-0.2, 0) is 4.79 Å². The van der Waals surface area contributed by atoms with Crippen molar-refractivity contribution in [2.75, 3.05) is 5.75 Å². The van der Waals surface area contributed by atoms with Crippen molar-refractivity contribution in [3.05, 3.63) is 24.3 Å². The zero-order chi connectivity index (χ0) is 13.9. The van der Waals surface area contributed by atoms with Crippen molar-refractivity contribution in [3.8, 4) is 5.75 Å². The molecule has 2 nitrogen and oxygen atoms in total. The fourth-order valence-corrected chi connectivity index (χ4v) is 4.27. The number of ketones is 1. The van der Waals surface area contributed by atoms with Gasteiger partial charge in [0.2, 0.25) is 0 Å². The summed E-state index contributed by atoms with van der Waals surface area (Å²) in [6.07, 6.45) is 5.56. The Kier molecular flexibility index (Phi) is 4.35. The number of benzene rings is 1. The van der Waals surface area contributed by atoms with Gasteiger partial charge >= 0.3 is 0 Å². The molecule has 1 aliphatic heterocycles. The van der Waals surface area contributed by atoms with Crippen molar-refractivity contribution in [2.45, 2.75) is 50.0 Å². The minimum Gasteiger partial charge on any atom is -0.481 e.